The minimum Gasteiger partial charge on any atom is -0.389 e. The maximum Gasteiger partial charge on any atom is 0.272 e. The van der Waals surface area contributed by atoms with Gasteiger partial charge in [-0.3, -0.25) is 10.1 Å². The van der Waals surface area contributed by atoms with Gasteiger partial charge in [-0.05, 0) is 40.2 Å². The van der Waals surface area contributed by atoms with Crippen molar-refractivity contribution in [1.82, 2.24) is 5.32 Å². The number of nitrogens with one attached hydrogen (secondary N) is 1. The number of benzene rings is 1. The second kappa shape index (κ2) is 7.67. The first-order chi connectivity index (χ1) is 10.1. The summed E-state index contributed by atoms with van der Waals surface area (Å²) in [5, 5.41) is 24.0. The number of ether oxygens (including phenoxy) is 1. The van der Waals surface area contributed by atoms with E-state index in [1.807, 2.05) is 33.8 Å². The van der Waals surface area contributed by atoms with Crippen LogP contribution in [0.2, 0.25) is 0 Å². The smallest absolute Gasteiger partial charge is 0.272 e. The number of hydrogen-bond donors (Lipinski definition) is 2. The Morgan fingerprint density at radius 1 is 1.41 bits per heavy atom. The summed E-state index contributed by atoms with van der Waals surface area (Å²) in [6.07, 6.45) is -0.623. The number of nitrogens with zero attached hydrogens (tertiary/aromatic N) is 1. The number of aliphatic hydroxyl groups excluding tert-OH is 1. The van der Waals surface area contributed by atoms with E-state index in [2.05, 4.69) is 5.32 Å². The van der Waals surface area contributed by atoms with Crippen molar-refractivity contribution >= 4 is 5.69 Å². The Hall–Kier alpha value is -1.50. The highest BCUT2D eigenvalue weighted by molar-refractivity contribution is 5.43. The molecule has 6 heteroatoms. The van der Waals surface area contributed by atoms with Gasteiger partial charge < -0.3 is 15.2 Å². The lowest BCUT2D eigenvalue weighted by molar-refractivity contribution is -0.385. The van der Waals surface area contributed by atoms with Crippen molar-refractivity contribution in [1.29, 1.82) is 0 Å². The zero-order chi connectivity index (χ0) is 16.9. The van der Waals surface area contributed by atoms with Gasteiger partial charge in [-0.2, -0.15) is 0 Å². The molecular formula is C16H26N2O4. The standard InChI is InChI=1S/C16H26N2O4/c1-11-6-7-13(8-15(11)18(20)21)12(2)17-9-14(19)10-22-16(3,4)5/h6-8,12,14,17,19H,9-10H2,1-5H3. The van der Waals surface area contributed by atoms with Gasteiger partial charge in [-0.15, -0.1) is 0 Å². The molecule has 22 heavy (non-hydrogen) atoms. The van der Waals surface area contributed by atoms with Crippen molar-refractivity contribution in [2.75, 3.05) is 13.2 Å². The van der Waals surface area contributed by atoms with Gasteiger partial charge in [0.2, 0.25) is 0 Å². The second-order valence-corrected chi connectivity index (χ2v) is 6.51. The Labute approximate surface area is 131 Å². The topological polar surface area (TPSA) is 84.6 Å². The van der Waals surface area contributed by atoms with Crippen molar-refractivity contribution < 1.29 is 14.8 Å². The number of aliphatic hydroxyl groups is 1. The molecule has 0 aromatic heterocycles. The predicted octanol–water partition coefficient (Wildman–Crippen LogP) is 2.73. The van der Waals surface area contributed by atoms with E-state index in [1.54, 1.807) is 19.1 Å². The monoisotopic (exact) mass is 310 g/mol. The molecule has 0 saturated carbocycles. The van der Waals surface area contributed by atoms with E-state index < -0.39 is 6.10 Å². The molecule has 0 amide bonds. The third-order valence-corrected chi connectivity index (χ3v) is 3.30. The fourth-order valence-electron chi connectivity index (χ4n) is 1.93. The van der Waals surface area contributed by atoms with Crippen LogP contribution in [-0.4, -0.2) is 34.9 Å². The van der Waals surface area contributed by atoms with E-state index in [4.69, 9.17) is 4.74 Å². The molecule has 0 spiro atoms. The molecule has 2 unspecified atom stereocenters. The molecule has 2 N–H and O–H groups in total. The van der Waals surface area contributed by atoms with Gasteiger partial charge >= 0.3 is 0 Å². The van der Waals surface area contributed by atoms with E-state index in [0.29, 0.717) is 12.1 Å². The average molecular weight is 310 g/mol. The number of rotatable bonds is 7. The van der Waals surface area contributed by atoms with E-state index >= 15 is 0 Å². The van der Waals surface area contributed by atoms with Crippen LogP contribution in [0.4, 0.5) is 5.69 Å². The number of nitro benzene ring substituents is 1. The van der Waals surface area contributed by atoms with Gasteiger partial charge in [0.15, 0.2) is 0 Å². The molecule has 2 atom stereocenters. The fraction of sp³-hybridized carbons (Fsp3) is 0.625. The van der Waals surface area contributed by atoms with Gasteiger partial charge in [0.1, 0.15) is 0 Å². The summed E-state index contributed by atoms with van der Waals surface area (Å²) in [6, 6.07) is 5.08. The van der Waals surface area contributed by atoms with Crippen LogP contribution in [0.5, 0.6) is 0 Å². The Bertz CT molecular complexity index is 511. The highest BCUT2D eigenvalue weighted by Gasteiger charge is 2.16. The fourth-order valence-corrected chi connectivity index (χ4v) is 1.93. The summed E-state index contributed by atoms with van der Waals surface area (Å²) in [7, 11) is 0. The Balaban J connectivity index is 2.57. The van der Waals surface area contributed by atoms with Gasteiger partial charge in [0, 0.05) is 24.2 Å². The molecule has 1 aromatic carbocycles. The quantitative estimate of drug-likeness (QED) is 0.597. The van der Waals surface area contributed by atoms with Crippen LogP contribution >= 0.6 is 0 Å². The van der Waals surface area contributed by atoms with E-state index in [1.165, 1.54) is 0 Å². The van der Waals surface area contributed by atoms with E-state index in [-0.39, 0.29) is 28.9 Å². The van der Waals surface area contributed by atoms with E-state index in [9.17, 15) is 15.2 Å². The molecule has 1 rings (SSSR count). The number of hydrogen-bond acceptors (Lipinski definition) is 5. The summed E-state index contributed by atoms with van der Waals surface area (Å²) in [5.74, 6) is 0. The normalized spacial score (nSPS) is 14.6. The van der Waals surface area contributed by atoms with Crippen molar-refractivity contribution in [3.63, 3.8) is 0 Å². The number of nitro groups is 1. The summed E-state index contributed by atoms with van der Waals surface area (Å²) >= 11 is 0. The predicted molar refractivity (Wildman–Crippen MR) is 86.0 cm³/mol. The van der Waals surface area contributed by atoms with Crippen molar-refractivity contribution in [3.8, 4) is 0 Å². The van der Waals surface area contributed by atoms with Crippen LogP contribution in [0.3, 0.4) is 0 Å². The zero-order valence-corrected chi connectivity index (χ0v) is 13.9. The van der Waals surface area contributed by atoms with Crippen LogP contribution in [0.1, 0.15) is 44.9 Å². The molecule has 0 aliphatic heterocycles. The average Bonchev–Trinajstić information content (AvgIpc) is 2.41. The van der Waals surface area contributed by atoms with E-state index in [0.717, 1.165) is 5.56 Å². The SMILES string of the molecule is Cc1ccc(C(C)NCC(O)COC(C)(C)C)cc1[N+](=O)[O-]. The molecule has 0 aliphatic rings. The minimum absolute atomic E-state index is 0.0939. The van der Waals surface area contributed by atoms with Crippen LogP contribution in [0.15, 0.2) is 18.2 Å². The Morgan fingerprint density at radius 2 is 2.05 bits per heavy atom. The largest absolute Gasteiger partial charge is 0.389 e. The molecule has 124 valence electrons. The highest BCUT2D eigenvalue weighted by Crippen LogP contribution is 2.23. The van der Waals surface area contributed by atoms with Gasteiger partial charge in [-0.1, -0.05) is 12.1 Å². The molecular weight excluding hydrogens is 284 g/mol. The molecule has 0 saturated heterocycles. The van der Waals surface area contributed by atoms with Crippen molar-refractivity contribution in [3.05, 3.63) is 39.4 Å². The Kier molecular flexibility index (Phi) is 6.47. The Morgan fingerprint density at radius 3 is 2.59 bits per heavy atom. The van der Waals surface area contributed by atoms with Gasteiger partial charge in [-0.25, -0.2) is 0 Å². The minimum atomic E-state index is -0.623. The third-order valence-electron chi connectivity index (χ3n) is 3.30. The molecule has 6 nitrogen and oxygen atoms in total. The first-order valence-corrected chi connectivity index (χ1v) is 7.40. The maximum absolute atomic E-state index is 11.0. The molecule has 0 radical (unpaired) electrons. The molecule has 1 aromatic rings. The third kappa shape index (κ3) is 6.09. The van der Waals surface area contributed by atoms with Crippen LogP contribution in [0.25, 0.3) is 0 Å². The second-order valence-electron chi connectivity index (χ2n) is 6.51. The summed E-state index contributed by atoms with van der Waals surface area (Å²) < 4.78 is 5.52. The molecule has 0 aliphatic carbocycles. The molecule has 0 fully saturated rings. The maximum atomic E-state index is 11.0. The zero-order valence-electron chi connectivity index (χ0n) is 13.9. The summed E-state index contributed by atoms with van der Waals surface area (Å²) in [4.78, 5) is 10.6. The summed E-state index contributed by atoms with van der Waals surface area (Å²) in [6.45, 7) is 10.0. The lowest BCUT2D eigenvalue weighted by Gasteiger charge is -2.23. The number of aryl methyl sites for hydroxylation is 1. The molecule has 0 bridgehead atoms. The van der Waals surface area contributed by atoms with Crippen LogP contribution in [-0.2, 0) is 4.74 Å². The first kappa shape index (κ1) is 18.5. The van der Waals surface area contributed by atoms with Crippen LogP contribution < -0.4 is 5.32 Å². The highest BCUT2D eigenvalue weighted by atomic mass is 16.6. The summed E-state index contributed by atoms with van der Waals surface area (Å²) in [5.41, 5.74) is 1.29. The van der Waals surface area contributed by atoms with Crippen molar-refractivity contribution in [2.24, 2.45) is 0 Å². The van der Waals surface area contributed by atoms with Crippen LogP contribution in [0, 0.1) is 17.0 Å². The molecule has 0 heterocycles. The van der Waals surface area contributed by atoms with Crippen molar-refractivity contribution in [2.45, 2.75) is 52.4 Å². The first-order valence-electron chi connectivity index (χ1n) is 7.40. The lowest BCUT2D eigenvalue weighted by atomic mass is 10.0. The van der Waals surface area contributed by atoms with Gasteiger partial charge in [0.05, 0.1) is 23.2 Å². The van der Waals surface area contributed by atoms with Gasteiger partial charge in [0.25, 0.3) is 5.69 Å². The lowest BCUT2D eigenvalue weighted by Crippen LogP contribution is -2.34.